The number of benzene rings is 6. The number of hydrogen-bond donors (Lipinski definition) is 2. The quantitative estimate of drug-likeness (QED) is 0.183. The maximum Gasteiger partial charge on any atom is 0.138 e. The molecule has 0 aromatic heterocycles. The summed E-state index contributed by atoms with van der Waals surface area (Å²) in [6.07, 6.45) is 3.39. The first-order valence-corrected chi connectivity index (χ1v) is 16.1. The molecule has 46 heavy (non-hydrogen) atoms. The SMILES string of the molecule is C[C@@]1(c2ccc(Nc3cccc(CNc4ccccc4)c3)c(-c3ccccc3)c2)Oc2c(cccc2-c2ccccc2)C2=CC[C@@H]21. The van der Waals surface area contributed by atoms with Crippen molar-refractivity contribution < 1.29 is 4.74 Å². The Bertz CT molecular complexity index is 2040. The van der Waals surface area contributed by atoms with E-state index in [4.69, 9.17) is 4.74 Å². The largest absolute Gasteiger partial charge is 0.481 e. The van der Waals surface area contributed by atoms with E-state index in [0.29, 0.717) is 5.92 Å². The summed E-state index contributed by atoms with van der Waals surface area (Å²) in [4.78, 5) is 0. The molecule has 3 heteroatoms. The number of para-hydroxylation sites is 2. The summed E-state index contributed by atoms with van der Waals surface area (Å²) < 4.78 is 7.18. The normalized spacial score (nSPS) is 17.8. The van der Waals surface area contributed by atoms with Crippen molar-refractivity contribution in [1.29, 1.82) is 0 Å². The predicted octanol–water partition coefficient (Wildman–Crippen LogP) is 11.1. The Hall–Kier alpha value is -5.54. The van der Waals surface area contributed by atoms with Crippen molar-refractivity contribution in [2.45, 2.75) is 25.5 Å². The molecule has 6 aromatic rings. The van der Waals surface area contributed by atoms with E-state index in [2.05, 4.69) is 169 Å². The Balaban J connectivity index is 1.15. The lowest BCUT2D eigenvalue weighted by molar-refractivity contribution is 0.0325. The molecule has 6 aromatic carbocycles. The molecular weight excluding hydrogens is 560 g/mol. The van der Waals surface area contributed by atoms with Gasteiger partial charge in [0.15, 0.2) is 0 Å². The van der Waals surface area contributed by atoms with Crippen LogP contribution in [0.25, 0.3) is 27.8 Å². The molecule has 224 valence electrons. The van der Waals surface area contributed by atoms with Gasteiger partial charge in [-0.25, -0.2) is 0 Å². The van der Waals surface area contributed by atoms with E-state index in [0.717, 1.165) is 46.9 Å². The molecule has 8 rings (SSSR count). The Morgan fingerprint density at radius 1 is 0.630 bits per heavy atom. The molecule has 0 unspecified atom stereocenters. The summed E-state index contributed by atoms with van der Waals surface area (Å²) in [7, 11) is 0. The summed E-state index contributed by atoms with van der Waals surface area (Å²) >= 11 is 0. The van der Waals surface area contributed by atoms with Gasteiger partial charge in [-0.15, -0.1) is 0 Å². The molecule has 0 amide bonds. The van der Waals surface area contributed by atoms with Crippen LogP contribution in [-0.2, 0) is 12.1 Å². The summed E-state index contributed by atoms with van der Waals surface area (Å²) in [6.45, 7) is 3.03. The Morgan fingerprint density at radius 2 is 1.28 bits per heavy atom. The second kappa shape index (κ2) is 11.8. The lowest BCUT2D eigenvalue weighted by atomic mass is 9.66. The first kappa shape index (κ1) is 28.0. The van der Waals surface area contributed by atoms with E-state index in [9.17, 15) is 0 Å². The van der Waals surface area contributed by atoms with E-state index >= 15 is 0 Å². The number of anilines is 3. The zero-order chi connectivity index (χ0) is 30.9. The van der Waals surface area contributed by atoms with Crippen molar-refractivity contribution in [2.24, 2.45) is 5.92 Å². The van der Waals surface area contributed by atoms with Crippen LogP contribution in [-0.4, -0.2) is 0 Å². The molecule has 3 nitrogen and oxygen atoms in total. The fourth-order valence-corrected chi connectivity index (χ4v) is 6.93. The third-order valence-electron chi connectivity index (χ3n) is 9.49. The molecule has 0 fully saturated rings. The van der Waals surface area contributed by atoms with E-state index in [1.807, 2.05) is 6.07 Å². The topological polar surface area (TPSA) is 33.3 Å². The van der Waals surface area contributed by atoms with Gasteiger partial charge in [-0.1, -0.05) is 121 Å². The predicted molar refractivity (Wildman–Crippen MR) is 191 cm³/mol. The molecule has 1 heterocycles. The fraction of sp³-hybridized carbons (Fsp3) is 0.116. The number of allylic oxidation sites excluding steroid dienone is 1. The molecule has 0 bridgehead atoms. The zero-order valence-electron chi connectivity index (χ0n) is 25.9. The van der Waals surface area contributed by atoms with E-state index in [1.165, 1.54) is 33.4 Å². The molecule has 1 aliphatic carbocycles. The first-order chi connectivity index (χ1) is 22.7. The molecule has 1 aliphatic heterocycles. The maximum atomic E-state index is 7.18. The van der Waals surface area contributed by atoms with Crippen LogP contribution < -0.4 is 15.4 Å². The second-order valence-electron chi connectivity index (χ2n) is 12.4. The lowest BCUT2D eigenvalue weighted by Crippen LogP contribution is -2.44. The third-order valence-corrected chi connectivity index (χ3v) is 9.49. The molecule has 0 saturated carbocycles. The number of fused-ring (bicyclic) bond motifs is 3. The highest BCUT2D eigenvalue weighted by Gasteiger charge is 2.48. The van der Waals surface area contributed by atoms with Gasteiger partial charge in [0.1, 0.15) is 11.4 Å². The van der Waals surface area contributed by atoms with E-state index in [1.54, 1.807) is 0 Å². The molecule has 0 spiro atoms. The highest BCUT2D eigenvalue weighted by Crippen LogP contribution is 2.57. The van der Waals surface area contributed by atoms with Crippen LogP contribution in [0.3, 0.4) is 0 Å². The van der Waals surface area contributed by atoms with Crippen LogP contribution in [0, 0.1) is 5.92 Å². The van der Waals surface area contributed by atoms with Gasteiger partial charge in [0.25, 0.3) is 0 Å². The fourth-order valence-electron chi connectivity index (χ4n) is 6.93. The molecule has 2 atom stereocenters. The summed E-state index contributed by atoms with van der Waals surface area (Å²) in [5.74, 6) is 1.27. The number of nitrogens with one attached hydrogen (secondary N) is 2. The molecular formula is C43H36N2O. The minimum atomic E-state index is -0.507. The van der Waals surface area contributed by atoms with Crippen molar-refractivity contribution in [3.05, 3.63) is 174 Å². The molecule has 0 radical (unpaired) electrons. The van der Waals surface area contributed by atoms with Crippen molar-refractivity contribution in [3.8, 4) is 28.0 Å². The third kappa shape index (κ3) is 5.14. The summed E-state index contributed by atoms with van der Waals surface area (Å²) in [5.41, 5.74) is 12.4. The van der Waals surface area contributed by atoms with Crippen molar-refractivity contribution >= 4 is 22.6 Å². The minimum Gasteiger partial charge on any atom is -0.481 e. The average Bonchev–Trinajstić information content (AvgIpc) is 3.09. The number of hydrogen-bond acceptors (Lipinski definition) is 3. The van der Waals surface area contributed by atoms with E-state index in [-0.39, 0.29) is 0 Å². The number of ether oxygens (including phenoxy) is 1. The van der Waals surface area contributed by atoms with Gasteiger partial charge >= 0.3 is 0 Å². The zero-order valence-corrected chi connectivity index (χ0v) is 25.9. The second-order valence-corrected chi connectivity index (χ2v) is 12.4. The highest BCUT2D eigenvalue weighted by atomic mass is 16.5. The molecule has 2 aliphatic rings. The maximum absolute atomic E-state index is 7.18. The smallest absolute Gasteiger partial charge is 0.138 e. The van der Waals surface area contributed by atoms with Gasteiger partial charge in [-0.05, 0) is 77.6 Å². The van der Waals surface area contributed by atoms with Crippen LogP contribution >= 0.6 is 0 Å². The number of rotatable bonds is 8. The van der Waals surface area contributed by atoms with Crippen molar-refractivity contribution in [1.82, 2.24) is 0 Å². The van der Waals surface area contributed by atoms with Gasteiger partial charge in [-0.3, -0.25) is 0 Å². The van der Waals surface area contributed by atoms with Crippen molar-refractivity contribution in [2.75, 3.05) is 10.6 Å². The van der Waals surface area contributed by atoms with Gasteiger partial charge in [0.2, 0.25) is 0 Å². The van der Waals surface area contributed by atoms with Crippen LogP contribution in [0.4, 0.5) is 17.1 Å². The van der Waals surface area contributed by atoms with Crippen LogP contribution in [0.15, 0.2) is 158 Å². The van der Waals surface area contributed by atoms with Gasteiger partial charge in [-0.2, -0.15) is 0 Å². The van der Waals surface area contributed by atoms with Gasteiger partial charge in [0, 0.05) is 46.2 Å². The minimum absolute atomic E-state index is 0.294. The standard InChI is InChI=1S/C43H36N2O/c1-43(40-25-24-37(40)38-22-12-21-36(42(38)46-43)31-14-5-2-6-15-31)33-23-26-41(39(28-33)32-16-7-3-8-17-32)45-35-20-11-13-30(27-35)29-44-34-18-9-4-10-19-34/h2-24,26-28,40,44-45H,25,29H2,1H3/t40-,43-/m0/s1. The first-order valence-electron chi connectivity index (χ1n) is 16.1. The van der Waals surface area contributed by atoms with Gasteiger partial charge in [0.05, 0.1) is 0 Å². The highest BCUT2D eigenvalue weighted by molar-refractivity contribution is 5.87. The Morgan fingerprint density at radius 3 is 2.00 bits per heavy atom. The summed E-state index contributed by atoms with van der Waals surface area (Å²) in [5, 5.41) is 7.28. The van der Waals surface area contributed by atoms with Crippen LogP contribution in [0.2, 0.25) is 0 Å². The Labute approximate surface area is 271 Å². The van der Waals surface area contributed by atoms with Crippen molar-refractivity contribution in [3.63, 3.8) is 0 Å². The average molecular weight is 597 g/mol. The molecule has 0 saturated heterocycles. The van der Waals surface area contributed by atoms with Crippen LogP contribution in [0.1, 0.15) is 30.0 Å². The van der Waals surface area contributed by atoms with Gasteiger partial charge < -0.3 is 15.4 Å². The Kier molecular flexibility index (Phi) is 7.15. The lowest BCUT2D eigenvalue weighted by Gasteiger charge is -2.48. The summed E-state index contributed by atoms with van der Waals surface area (Å²) in [6, 6.07) is 53.6. The van der Waals surface area contributed by atoms with Crippen LogP contribution in [0.5, 0.6) is 5.75 Å². The molecule has 2 N–H and O–H groups in total. The van der Waals surface area contributed by atoms with E-state index < -0.39 is 5.60 Å². The monoisotopic (exact) mass is 596 g/mol.